The summed E-state index contributed by atoms with van der Waals surface area (Å²) in [6, 6.07) is 6.77. The molecule has 3 unspecified atom stereocenters. The van der Waals surface area contributed by atoms with Gasteiger partial charge in [0.2, 0.25) is 0 Å². The van der Waals surface area contributed by atoms with Crippen LogP contribution in [0.5, 0.6) is 0 Å². The normalized spacial score (nSPS) is 28.0. The Balaban J connectivity index is 1.59. The number of nitrogens with zero attached hydrogens (tertiary/aromatic N) is 2. The Labute approximate surface area is 120 Å². The van der Waals surface area contributed by atoms with Crippen molar-refractivity contribution in [1.29, 1.82) is 5.26 Å². The SMILES string of the molecule is CN(Cc1ccc(F)c(C#N)c1)CC1CC2CCC1C2. The van der Waals surface area contributed by atoms with E-state index in [4.69, 9.17) is 5.26 Å². The van der Waals surface area contributed by atoms with Gasteiger partial charge in [0, 0.05) is 13.1 Å². The van der Waals surface area contributed by atoms with Gasteiger partial charge in [-0.2, -0.15) is 5.26 Å². The van der Waals surface area contributed by atoms with Crippen molar-refractivity contribution in [3.05, 3.63) is 35.1 Å². The maximum absolute atomic E-state index is 13.3. The Morgan fingerprint density at radius 3 is 2.85 bits per heavy atom. The van der Waals surface area contributed by atoms with Crippen LogP contribution in [-0.4, -0.2) is 18.5 Å². The largest absolute Gasteiger partial charge is 0.302 e. The predicted molar refractivity (Wildman–Crippen MR) is 76.4 cm³/mol. The van der Waals surface area contributed by atoms with Crippen LogP contribution >= 0.6 is 0 Å². The van der Waals surface area contributed by atoms with E-state index in [2.05, 4.69) is 11.9 Å². The van der Waals surface area contributed by atoms with Gasteiger partial charge in [-0.05, 0) is 61.8 Å². The molecule has 3 rings (SSSR count). The van der Waals surface area contributed by atoms with Crippen molar-refractivity contribution >= 4 is 0 Å². The second kappa shape index (κ2) is 5.54. The smallest absolute Gasteiger partial charge is 0.140 e. The maximum Gasteiger partial charge on any atom is 0.140 e. The Morgan fingerprint density at radius 1 is 1.35 bits per heavy atom. The highest BCUT2D eigenvalue weighted by atomic mass is 19.1. The molecule has 2 bridgehead atoms. The molecule has 1 aromatic rings. The molecule has 2 nitrogen and oxygen atoms in total. The number of nitriles is 1. The summed E-state index contributed by atoms with van der Waals surface area (Å²) in [6.07, 6.45) is 5.68. The molecule has 2 saturated carbocycles. The lowest BCUT2D eigenvalue weighted by atomic mass is 9.88. The van der Waals surface area contributed by atoms with Gasteiger partial charge in [-0.25, -0.2) is 4.39 Å². The van der Waals surface area contributed by atoms with Gasteiger partial charge < -0.3 is 4.90 Å². The van der Waals surface area contributed by atoms with Crippen LogP contribution in [0, 0.1) is 34.9 Å². The van der Waals surface area contributed by atoms with Crippen molar-refractivity contribution in [3.8, 4) is 6.07 Å². The zero-order chi connectivity index (χ0) is 14.1. The summed E-state index contributed by atoms with van der Waals surface area (Å²) in [6.45, 7) is 1.92. The second-order valence-corrected chi connectivity index (χ2v) is 6.56. The molecule has 2 aliphatic carbocycles. The molecule has 0 heterocycles. The summed E-state index contributed by atoms with van der Waals surface area (Å²) >= 11 is 0. The highest BCUT2D eigenvalue weighted by Crippen LogP contribution is 2.48. The van der Waals surface area contributed by atoms with E-state index in [1.807, 2.05) is 6.07 Å². The lowest BCUT2D eigenvalue weighted by Crippen LogP contribution is -2.28. The summed E-state index contributed by atoms with van der Waals surface area (Å²) < 4.78 is 13.3. The van der Waals surface area contributed by atoms with E-state index >= 15 is 0 Å². The van der Waals surface area contributed by atoms with Gasteiger partial charge in [-0.15, -0.1) is 0 Å². The fraction of sp³-hybridized carbons (Fsp3) is 0.588. The lowest BCUT2D eigenvalue weighted by molar-refractivity contribution is 0.214. The van der Waals surface area contributed by atoms with E-state index in [1.54, 1.807) is 12.1 Å². The minimum atomic E-state index is -0.424. The fourth-order valence-corrected chi connectivity index (χ4v) is 4.13. The zero-order valence-corrected chi connectivity index (χ0v) is 12.0. The molecule has 0 aliphatic heterocycles. The monoisotopic (exact) mass is 272 g/mol. The molecular formula is C17H21FN2. The van der Waals surface area contributed by atoms with Crippen molar-refractivity contribution in [1.82, 2.24) is 4.90 Å². The fourth-order valence-electron chi connectivity index (χ4n) is 4.13. The number of benzene rings is 1. The van der Waals surface area contributed by atoms with Crippen LogP contribution in [-0.2, 0) is 6.54 Å². The van der Waals surface area contributed by atoms with E-state index < -0.39 is 5.82 Å². The number of fused-ring (bicyclic) bond motifs is 2. The van der Waals surface area contributed by atoms with Crippen molar-refractivity contribution in [2.75, 3.05) is 13.6 Å². The van der Waals surface area contributed by atoms with Crippen molar-refractivity contribution in [2.24, 2.45) is 17.8 Å². The molecular weight excluding hydrogens is 251 g/mol. The standard InChI is InChI=1S/C17H21FN2/c1-20(11-16-7-12-2-4-14(16)6-12)10-13-3-5-17(18)15(8-13)9-19/h3,5,8,12,14,16H,2,4,6-7,10-11H2,1H3. The Bertz CT molecular complexity index is 534. The van der Waals surface area contributed by atoms with Gasteiger partial charge in [0.15, 0.2) is 0 Å². The quantitative estimate of drug-likeness (QED) is 0.838. The second-order valence-electron chi connectivity index (χ2n) is 6.56. The third-order valence-corrected chi connectivity index (χ3v) is 5.03. The van der Waals surface area contributed by atoms with Gasteiger partial charge in [0.05, 0.1) is 5.56 Å². The van der Waals surface area contributed by atoms with Gasteiger partial charge >= 0.3 is 0 Å². The third kappa shape index (κ3) is 2.71. The minimum Gasteiger partial charge on any atom is -0.302 e. The van der Waals surface area contributed by atoms with Crippen LogP contribution < -0.4 is 0 Å². The molecule has 106 valence electrons. The number of halogens is 1. The van der Waals surface area contributed by atoms with E-state index in [0.29, 0.717) is 0 Å². The molecule has 1 aromatic carbocycles. The van der Waals surface area contributed by atoms with Gasteiger partial charge in [-0.1, -0.05) is 12.5 Å². The Morgan fingerprint density at radius 2 is 2.20 bits per heavy atom. The first-order valence-corrected chi connectivity index (χ1v) is 7.52. The molecule has 20 heavy (non-hydrogen) atoms. The molecule has 0 saturated heterocycles. The molecule has 0 amide bonds. The van der Waals surface area contributed by atoms with Crippen LogP contribution in [0.4, 0.5) is 4.39 Å². The average Bonchev–Trinajstić information content (AvgIpc) is 3.03. The molecule has 3 heteroatoms. The van der Waals surface area contributed by atoms with Crippen LogP contribution in [0.2, 0.25) is 0 Å². The number of hydrogen-bond acceptors (Lipinski definition) is 2. The van der Waals surface area contributed by atoms with Crippen molar-refractivity contribution in [3.63, 3.8) is 0 Å². The first kappa shape index (κ1) is 13.6. The predicted octanol–water partition coefficient (Wildman–Crippen LogP) is 3.57. The molecule has 0 aromatic heterocycles. The van der Waals surface area contributed by atoms with E-state index in [1.165, 1.54) is 31.7 Å². The Hall–Kier alpha value is -1.40. The van der Waals surface area contributed by atoms with Crippen LogP contribution in [0.1, 0.15) is 36.8 Å². The number of rotatable bonds is 4. The maximum atomic E-state index is 13.3. The highest BCUT2D eigenvalue weighted by Gasteiger charge is 2.39. The zero-order valence-electron chi connectivity index (χ0n) is 12.0. The lowest BCUT2D eigenvalue weighted by Gasteiger charge is -2.27. The Kier molecular flexibility index (Phi) is 3.76. The van der Waals surface area contributed by atoms with E-state index in [9.17, 15) is 4.39 Å². The van der Waals surface area contributed by atoms with Crippen molar-refractivity contribution < 1.29 is 4.39 Å². The summed E-state index contributed by atoms with van der Waals surface area (Å²) in [5.74, 6) is 2.33. The molecule has 2 aliphatic rings. The van der Waals surface area contributed by atoms with Gasteiger partial charge in [-0.3, -0.25) is 0 Å². The highest BCUT2D eigenvalue weighted by molar-refractivity contribution is 5.34. The first-order chi connectivity index (χ1) is 9.65. The molecule has 0 radical (unpaired) electrons. The molecule has 3 atom stereocenters. The van der Waals surface area contributed by atoms with Crippen molar-refractivity contribution in [2.45, 2.75) is 32.2 Å². The average molecular weight is 272 g/mol. The van der Waals surface area contributed by atoms with Gasteiger partial charge in [0.1, 0.15) is 11.9 Å². The molecule has 0 N–H and O–H groups in total. The minimum absolute atomic E-state index is 0.149. The summed E-state index contributed by atoms with van der Waals surface area (Å²) in [5.41, 5.74) is 1.17. The molecule has 2 fully saturated rings. The van der Waals surface area contributed by atoms with Gasteiger partial charge in [0.25, 0.3) is 0 Å². The van der Waals surface area contributed by atoms with E-state index in [-0.39, 0.29) is 5.56 Å². The van der Waals surface area contributed by atoms with E-state index in [0.717, 1.165) is 36.4 Å². The summed E-state index contributed by atoms with van der Waals surface area (Å²) in [5, 5.41) is 8.87. The van der Waals surface area contributed by atoms with Crippen LogP contribution in [0.3, 0.4) is 0 Å². The summed E-state index contributed by atoms with van der Waals surface area (Å²) in [4.78, 5) is 2.32. The third-order valence-electron chi connectivity index (χ3n) is 5.03. The summed E-state index contributed by atoms with van der Waals surface area (Å²) in [7, 11) is 2.13. The molecule has 0 spiro atoms. The van der Waals surface area contributed by atoms with Crippen LogP contribution in [0.25, 0.3) is 0 Å². The topological polar surface area (TPSA) is 27.0 Å². The number of hydrogen-bond donors (Lipinski definition) is 0. The van der Waals surface area contributed by atoms with Crippen LogP contribution in [0.15, 0.2) is 18.2 Å². The first-order valence-electron chi connectivity index (χ1n) is 7.52.